The minimum atomic E-state index is -1.35. The Bertz CT molecular complexity index is 338. The minimum Gasteiger partial charge on any atom is -0.410 e. The van der Waals surface area contributed by atoms with Crippen molar-refractivity contribution in [2.45, 2.75) is 31.0 Å². The Kier molecular flexibility index (Phi) is 7.88. The van der Waals surface area contributed by atoms with E-state index in [1.807, 2.05) is 20.8 Å². The van der Waals surface area contributed by atoms with Gasteiger partial charge in [0, 0.05) is 19.2 Å². The molecule has 4 nitrogen and oxygen atoms in total. The normalized spacial score (nSPS) is 15.2. The Hall–Kier alpha value is 0.160. The molecule has 1 unspecified atom stereocenters. The van der Waals surface area contributed by atoms with Crippen molar-refractivity contribution in [2.75, 3.05) is 12.8 Å². The predicted molar refractivity (Wildman–Crippen MR) is 83.6 cm³/mol. The van der Waals surface area contributed by atoms with E-state index in [1.54, 1.807) is 7.05 Å². The lowest BCUT2D eigenvalue weighted by molar-refractivity contribution is -0.124. The molecule has 0 aromatic carbocycles. The maximum atomic E-state index is 11.9. The van der Waals surface area contributed by atoms with Gasteiger partial charge >= 0.3 is 0 Å². The number of halogens is 3. The summed E-state index contributed by atoms with van der Waals surface area (Å²) < 4.78 is -1.35. The van der Waals surface area contributed by atoms with Gasteiger partial charge < -0.3 is 10.5 Å². The molecule has 0 rings (SSSR count). The number of nitrogens with zero attached hydrogens (tertiary/aromatic N) is 1. The summed E-state index contributed by atoms with van der Waals surface area (Å²) in [7, 11) is 1.54. The third kappa shape index (κ3) is 7.49. The molecule has 0 aliphatic carbocycles. The lowest BCUT2D eigenvalue weighted by Crippen LogP contribution is -2.40. The summed E-state index contributed by atoms with van der Waals surface area (Å²) in [4.78, 5) is 11.9. The van der Waals surface area contributed by atoms with Gasteiger partial charge in [-0.25, -0.2) is 0 Å². The van der Waals surface area contributed by atoms with E-state index in [9.17, 15) is 4.79 Å². The summed E-state index contributed by atoms with van der Waals surface area (Å²) >= 11 is 18.2. The molecule has 0 saturated heterocycles. The zero-order chi connectivity index (χ0) is 15.3. The Morgan fingerprint density at radius 3 is 2.21 bits per heavy atom. The first-order valence-electron chi connectivity index (χ1n) is 5.66. The van der Waals surface area contributed by atoms with Crippen LogP contribution in [0.3, 0.4) is 0 Å². The van der Waals surface area contributed by atoms with Gasteiger partial charge in [0.25, 0.3) is 0 Å². The minimum absolute atomic E-state index is 0.207. The van der Waals surface area contributed by atoms with Gasteiger partial charge in [0.1, 0.15) is 5.04 Å². The maximum Gasteiger partial charge on any atom is 0.230 e. The van der Waals surface area contributed by atoms with Crippen LogP contribution in [0.5, 0.6) is 0 Å². The van der Waals surface area contributed by atoms with E-state index in [2.05, 4.69) is 10.5 Å². The van der Waals surface area contributed by atoms with Crippen LogP contribution >= 0.6 is 46.6 Å². The molecule has 0 radical (unpaired) electrons. The molecule has 0 saturated carbocycles. The number of carbonyl (C=O) groups excluding carboxylic acids is 1. The molecule has 0 aliphatic heterocycles. The Morgan fingerprint density at radius 2 is 1.89 bits per heavy atom. The van der Waals surface area contributed by atoms with Crippen molar-refractivity contribution in [1.29, 1.82) is 0 Å². The number of nitrogens with one attached hydrogen (secondary N) is 1. The number of carbonyl (C=O) groups is 1. The van der Waals surface area contributed by atoms with Gasteiger partial charge in [-0.2, -0.15) is 0 Å². The number of alkyl halides is 3. The van der Waals surface area contributed by atoms with Crippen LogP contribution < -0.4 is 5.32 Å². The fraction of sp³-hybridized carbons (Fsp3) is 0.818. The van der Waals surface area contributed by atoms with E-state index < -0.39 is 9.71 Å². The van der Waals surface area contributed by atoms with Crippen molar-refractivity contribution in [3.8, 4) is 0 Å². The molecule has 0 aromatic rings. The molecule has 112 valence electrons. The lowest BCUT2D eigenvalue weighted by atomic mass is 9.80. The van der Waals surface area contributed by atoms with Crippen LogP contribution in [0.4, 0.5) is 0 Å². The average molecular weight is 350 g/mol. The van der Waals surface area contributed by atoms with E-state index in [0.717, 1.165) is 0 Å². The summed E-state index contributed by atoms with van der Waals surface area (Å²) in [6.45, 7) is 5.69. The van der Waals surface area contributed by atoms with Crippen LogP contribution in [0.25, 0.3) is 0 Å². The van der Waals surface area contributed by atoms with Gasteiger partial charge in [-0.15, -0.1) is 11.8 Å². The summed E-state index contributed by atoms with van der Waals surface area (Å²) in [5.74, 6) is -0.316. The summed E-state index contributed by atoms with van der Waals surface area (Å²) in [5.41, 5.74) is -0.380. The van der Waals surface area contributed by atoms with Crippen molar-refractivity contribution in [1.82, 2.24) is 5.32 Å². The quantitative estimate of drug-likeness (QED) is 0.267. The van der Waals surface area contributed by atoms with Crippen molar-refractivity contribution in [3.63, 3.8) is 0 Å². The SMILES string of the molecule is CNC(=O)C(C(=NO)SCCC(Cl)(Cl)Cl)C(C)(C)C. The lowest BCUT2D eigenvalue weighted by Gasteiger charge is -2.29. The maximum absolute atomic E-state index is 11.9. The molecule has 0 spiro atoms. The number of thioether (sulfide) groups is 1. The number of oxime groups is 1. The Balaban J connectivity index is 4.84. The molecule has 1 atom stereocenters. The third-order valence-electron chi connectivity index (χ3n) is 2.36. The number of amides is 1. The standard InChI is InChI=1S/C11H19Cl3N2O2S/c1-10(2,3)7(8(17)15-4)9(16-18)19-6-5-11(12,13)14/h7,18H,5-6H2,1-4H3,(H,15,17). The van der Waals surface area contributed by atoms with Gasteiger partial charge in [-0.05, 0) is 5.41 Å². The van der Waals surface area contributed by atoms with E-state index in [1.165, 1.54) is 11.8 Å². The second kappa shape index (κ2) is 7.81. The summed E-state index contributed by atoms with van der Waals surface area (Å²) in [5, 5.41) is 15.2. The molecule has 2 N–H and O–H groups in total. The fourth-order valence-corrected chi connectivity index (χ4v) is 3.38. The molecule has 8 heteroatoms. The van der Waals surface area contributed by atoms with Gasteiger partial charge in [0.2, 0.25) is 5.91 Å². The van der Waals surface area contributed by atoms with Gasteiger partial charge in [-0.3, -0.25) is 4.79 Å². The van der Waals surface area contributed by atoms with Crippen molar-refractivity contribution in [2.24, 2.45) is 16.5 Å². The molecule has 0 heterocycles. The second-order valence-corrected chi connectivity index (χ2v) is 8.70. The molecule has 19 heavy (non-hydrogen) atoms. The van der Waals surface area contributed by atoms with Crippen LogP contribution in [0, 0.1) is 11.3 Å². The predicted octanol–water partition coefficient (Wildman–Crippen LogP) is 3.68. The first-order valence-corrected chi connectivity index (χ1v) is 7.78. The van der Waals surface area contributed by atoms with Gasteiger partial charge in [0.15, 0.2) is 3.79 Å². The van der Waals surface area contributed by atoms with Crippen LogP contribution in [-0.4, -0.2) is 32.8 Å². The first kappa shape index (κ1) is 19.2. The van der Waals surface area contributed by atoms with Crippen molar-refractivity contribution in [3.05, 3.63) is 0 Å². The highest BCUT2D eigenvalue weighted by molar-refractivity contribution is 8.14. The number of rotatable bonds is 4. The van der Waals surface area contributed by atoms with Crippen LogP contribution in [-0.2, 0) is 4.79 Å². The van der Waals surface area contributed by atoms with E-state index >= 15 is 0 Å². The Labute approximate surface area is 133 Å². The average Bonchev–Trinajstić information content (AvgIpc) is 2.23. The summed E-state index contributed by atoms with van der Waals surface area (Å²) in [6, 6.07) is 0. The highest BCUT2D eigenvalue weighted by Gasteiger charge is 2.36. The topological polar surface area (TPSA) is 61.7 Å². The monoisotopic (exact) mass is 348 g/mol. The molecular weight excluding hydrogens is 331 g/mol. The smallest absolute Gasteiger partial charge is 0.230 e. The molecule has 0 bridgehead atoms. The largest absolute Gasteiger partial charge is 0.410 e. The summed E-state index contributed by atoms with van der Waals surface area (Å²) in [6.07, 6.45) is 0.298. The number of hydrogen-bond acceptors (Lipinski definition) is 4. The first-order chi connectivity index (χ1) is 8.53. The second-order valence-electron chi connectivity index (χ2n) is 5.07. The van der Waals surface area contributed by atoms with Crippen LogP contribution in [0.15, 0.2) is 5.16 Å². The van der Waals surface area contributed by atoms with Crippen LogP contribution in [0.1, 0.15) is 27.2 Å². The number of hydrogen-bond donors (Lipinski definition) is 2. The zero-order valence-corrected chi connectivity index (χ0v) is 14.4. The van der Waals surface area contributed by atoms with Crippen molar-refractivity contribution < 1.29 is 10.0 Å². The molecule has 0 aromatic heterocycles. The van der Waals surface area contributed by atoms with E-state index in [0.29, 0.717) is 17.2 Å². The molecule has 0 fully saturated rings. The molecular formula is C11H19Cl3N2O2S. The zero-order valence-electron chi connectivity index (χ0n) is 11.3. The van der Waals surface area contributed by atoms with Crippen LogP contribution in [0.2, 0.25) is 0 Å². The van der Waals surface area contributed by atoms with E-state index in [-0.39, 0.29) is 11.3 Å². The highest BCUT2D eigenvalue weighted by Crippen LogP contribution is 2.35. The van der Waals surface area contributed by atoms with Gasteiger partial charge in [-0.1, -0.05) is 60.7 Å². The Morgan fingerprint density at radius 1 is 1.37 bits per heavy atom. The van der Waals surface area contributed by atoms with E-state index in [4.69, 9.17) is 40.0 Å². The molecule has 0 aliphatic rings. The fourth-order valence-electron chi connectivity index (χ4n) is 1.46. The highest BCUT2D eigenvalue weighted by atomic mass is 35.6. The third-order valence-corrected chi connectivity index (χ3v) is 3.94. The molecule has 1 amide bonds. The van der Waals surface area contributed by atoms with Gasteiger partial charge in [0.05, 0.1) is 5.92 Å². The van der Waals surface area contributed by atoms with Crippen molar-refractivity contribution >= 4 is 57.5 Å².